The second kappa shape index (κ2) is 5.28. The molecular weight excluding hydrogens is 275 g/mol. The van der Waals surface area contributed by atoms with Crippen LogP contribution in [-0.4, -0.2) is 24.8 Å². The van der Waals surface area contributed by atoms with Crippen molar-refractivity contribution in [1.29, 1.82) is 5.26 Å². The molecule has 5 heteroatoms. The maximum Gasteiger partial charge on any atom is 0.161 e. The Morgan fingerprint density at radius 3 is 2.75 bits per heavy atom. The van der Waals surface area contributed by atoms with Crippen molar-refractivity contribution < 1.29 is 9.50 Å². The number of benzene rings is 1. The lowest BCUT2D eigenvalue weighted by Gasteiger charge is -2.22. The molecule has 0 radical (unpaired) electrons. The third-order valence-corrected chi connectivity index (χ3v) is 2.91. The summed E-state index contributed by atoms with van der Waals surface area (Å²) in [5, 5.41) is 17.9. The van der Waals surface area contributed by atoms with Crippen molar-refractivity contribution in [2.75, 3.05) is 18.5 Å². The lowest BCUT2D eigenvalue weighted by Crippen LogP contribution is -2.27. The third-order valence-electron chi connectivity index (χ3n) is 2.13. The molecule has 1 atom stereocenters. The Balaban J connectivity index is 3.08. The van der Waals surface area contributed by atoms with Crippen LogP contribution in [0.1, 0.15) is 12.5 Å². The first-order valence-corrected chi connectivity index (χ1v) is 5.54. The van der Waals surface area contributed by atoms with Gasteiger partial charge in [0.05, 0.1) is 21.8 Å². The Hall–Kier alpha value is -1.12. The number of nitriles is 1. The van der Waals surface area contributed by atoms with Crippen molar-refractivity contribution in [2.24, 2.45) is 0 Å². The van der Waals surface area contributed by atoms with Crippen molar-refractivity contribution in [1.82, 2.24) is 0 Å². The lowest BCUT2D eigenvalue weighted by molar-refractivity contribution is 0.201. The minimum Gasteiger partial charge on any atom is -0.392 e. The first-order chi connectivity index (χ1) is 7.47. The van der Waals surface area contributed by atoms with Gasteiger partial charge in [-0.25, -0.2) is 4.39 Å². The first-order valence-electron chi connectivity index (χ1n) is 4.74. The summed E-state index contributed by atoms with van der Waals surface area (Å²) in [4.78, 5) is 1.60. The molecule has 0 aromatic heterocycles. The smallest absolute Gasteiger partial charge is 0.161 e. The van der Waals surface area contributed by atoms with E-state index in [-0.39, 0.29) is 10.0 Å². The van der Waals surface area contributed by atoms with Crippen LogP contribution in [0.5, 0.6) is 0 Å². The molecule has 0 aliphatic rings. The maximum absolute atomic E-state index is 13.8. The van der Waals surface area contributed by atoms with Crippen LogP contribution in [0.25, 0.3) is 0 Å². The van der Waals surface area contributed by atoms with Crippen LogP contribution in [0.4, 0.5) is 10.1 Å². The number of rotatable bonds is 3. The van der Waals surface area contributed by atoms with Gasteiger partial charge in [0.25, 0.3) is 0 Å². The van der Waals surface area contributed by atoms with Crippen LogP contribution in [0.3, 0.4) is 0 Å². The largest absolute Gasteiger partial charge is 0.392 e. The number of nitrogens with zero attached hydrogens (tertiary/aromatic N) is 2. The number of likely N-dealkylation sites (N-methyl/N-ethyl adjacent to an activating group) is 1. The van der Waals surface area contributed by atoms with Gasteiger partial charge in [0, 0.05) is 13.6 Å². The number of anilines is 1. The van der Waals surface area contributed by atoms with Gasteiger partial charge in [0.2, 0.25) is 0 Å². The van der Waals surface area contributed by atoms with Crippen LogP contribution in [0.2, 0.25) is 0 Å². The van der Waals surface area contributed by atoms with Crippen molar-refractivity contribution >= 4 is 21.6 Å². The Labute approximate surface area is 102 Å². The summed E-state index contributed by atoms with van der Waals surface area (Å²) in [6, 6.07) is 4.96. The number of aliphatic hydroxyl groups excluding tert-OH is 1. The standard InChI is InChI=1S/C11H12BrFN2O/c1-7(16)6-15(2)9-4-3-8(5-14)10(12)11(9)13/h3-4,7,16H,6H2,1-2H3. The zero-order chi connectivity index (χ0) is 12.3. The van der Waals surface area contributed by atoms with E-state index in [1.165, 1.54) is 6.07 Å². The molecule has 86 valence electrons. The first kappa shape index (κ1) is 12.9. The summed E-state index contributed by atoms with van der Waals surface area (Å²) in [5.41, 5.74) is 0.610. The zero-order valence-electron chi connectivity index (χ0n) is 9.04. The Bertz CT molecular complexity index is 429. The van der Waals surface area contributed by atoms with Gasteiger partial charge in [-0.2, -0.15) is 5.26 Å². The highest BCUT2D eigenvalue weighted by Crippen LogP contribution is 2.28. The molecular formula is C11H12BrFN2O. The van der Waals surface area contributed by atoms with E-state index in [0.717, 1.165) is 0 Å². The average Bonchev–Trinajstić information content (AvgIpc) is 2.20. The fraction of sp³-hybridized carbons (Fsp3) is 0.364. The van der Waals surface area contributed by atoms with Crippen LogP contribution >= 0.6 is 15.9 Å². The van der Waals surface area contributed by atoms with E-state index in [1.54, 1.807) is 24.9 Å². The fourth-order valence-electron chi connectivity index (χ4n) is 1.42. The number of hydrogen-bond acceptors (Lipinski definition) is 3. The van der Waals surface area contributed by atoms with Crippen LogP contribution < -0.4 is 4.90 Å². The summed E-state index contributed by atoms with van der Waals surface area (Å²) in [6.07, 6.45) is -0.543. The molecule has 1 rings (SSSR count). The Kier molecular flexibility index (Phi) is 4.27. The normalized spacial score (nSPS) is 12.0. The molecule has 0 spiro atoms. The van der Waals surface area contributed by atoms with Gasteiger partial charge < -0.3 is 10.0 Å². The summed E-state index contributed by atoms with van der Waals surface area (Å²) in [6.45, 7) is 1.96. The van der Waals surface area contributed by atoms with E-state index in [2.05, 4.69) is 15.9 Å². The van der Waals surface area contributed by atoms with Gasteiger partial charge in [0.15, 0.2) is 5.82 Å². The summed E-state index contributed by atoms with van der Waals surface area (Å²) >= 11 is 3.04. The van der Waals surface area contributed by atoms with Crippen molar-refractivity contribution in [2.45, 2.75) is 13.0 Å². The predicted octanol–water partition coefficient (Wildman–Crippen LogP) is 2.28. The molecule has 1 aromatic carbocycles. The molecule has 0 fully saturated rings. The van der Waals surface area contributed by atoms with Gasteiger partial charge in [-0.1, -0.05) is 0 Å². The minimum atomic E-state index is -0.543. The molecule has 1 N–H and O–H groups in total. The monoisotopic (exact) mass is 286 g/mol. The molecule has 0 aliphatic carbocycles. The molecule has 0 saturated carbocycles. The van der Waals surface area contributed by atoms with E-state index < -0.39 is 11.9 Å². The molecule has 16 heavy (non-hydrogen) atoms. The molecule has 1 unspecified atom stereocenters. The van der Waals surface area contributed by atoms with Crippen molar-refractivity contribution in [3.63, 3.8) is 0 Å². The number of hydrogen-bond donors (Lipinski definition) is 1. The Morgan fingerprint density at radius 2 is 2.25 bits per heavy atom. The van der Waals surface area contributed by atoms with Crippen molar-refractivity contribution in [3.05, 3.63) is 28.0 Å². The average molecular weight is 287 g/mol. The molecule has 0 amide bonds. The fourth-order valence-corrected chi connectivity index (χ4v) is 1.84. The van der Waals surface area contributed by atoms with Gasteiger partial charge in [-0.3, -0.25) is 0 Å². The third kappa shape index (κ3) is 2.71. The minimum absolute atomic E-state index is 0.157. The highest BCUT2D eigenvalue weighted by molar-refractivity contribution is 9.10. The van der Waals surface area contributed by atoms with Crippen LogP contribution in [-0.2, 0) is 0 Å². The highest BCUT2D eigenvalue weighted by Gasteiger charge is 2.14. The van der Waals surface area contributed by atoms with E-state index in [1.807, 2.05) is 6.07 Å². The van der Waals surface area contributed by atoms with Gasteiger partial charge >= 0.3 is 0 Å². The van der Waals surface area contributed by atoms with Crippen molar-refractivity contribution in [3.8, 4) is 6.07 Å². The lowest BCUT2D eigenvalue weighted by atomic mass is 10.2. The van der Waals surface area contributed by atoms with Crippen LogP contribution in [0, 0.1) is 17.1 Å². The maximum atomic E-state index is 13.8. The molecule has 3 nitrogen and oxygen atoms in total. The van der Waals surface area contributed by atoms with Crippen LogP contribution in [0.15, 0.2) is 16.6 Å². The summed E-state index contributed by atoms with van der Waals surface area (Å²) < 4.78 is 14.0. The SMILES string of the molecule is CC(O)CN(C)c1ccc(C#N)c(Br)c1F. The second-order valence-electron chi connectivity index (χ2n) is 3.60. The molecule has 0 aliphatic heterocycles. The summed E-state index contributed by atoms with van der Waals surface area (Å²) in [7, 11) is 1.68. The second-order valence-corrected chi connectivity index (χ2v) is 4.39. The van der Waals surface area contributed by atoms with Gasteiger partial charge in [-0.05, 0) is 35.0 Å². The van der Waals surface area contributed by atoms with E-state index in [4.69, 9.17) is 5.26 Å². The van der Waals surface area contributed by atoms with Gasteiger partial charge in [0.1, 0.15) is 6.07 Å². The predicted molar refractivity (Wildman–Crippen MR) is 63.8 cm³/mol. The number of halogens is 2. The van der Waals surface area contributed by atoms with E-state index >= 15 is 0 Å². The van der Waals surface area contributed by atoms with E-state index in [0.29, 0.717) is 12.2 Å². The number of aliphatic hydroxyl groups is 1. The summed E-state index contributed by atoms with van der Waals surface area (Å²) in [5.74, 6) is -0.484. The molecule has 0 saturated heterocycles. The Morgan fingerprint density at radius 1 is 1.62 bits per heavy atom. The highest BCUT2D eigenvalue weighted by atomic mass is 79.9. The molecule has 0 heterocycles. The molecule has 1 aromatic rings. The molecule has 0 bridgehead atoms. The topological polar surface area (TPSA) is 47.3 Å². The van der Waals surface area contributed by atoms with Gasteiger partial charge in [-0.15, -0.1) is 0 Å². The zero-order valence-corrected chi connectivity index (χ0v) is 10.6. The van der Waals surface area contributed by atoms with E-state index in [9.17, 15) is 9.50 Å². The quantitative estimate of drug-likeness (QED) is 0.927.